The molecule has 1 aliphatic carbocycles. The van der Waals surface area contributed by atoms with E-state index in [0.29, 0.717) is 5.41 Å². The van der Waals surface area contributed by atoms with Gasteiger partial charge in [-0.2, -0.15) is 0 Å². The second-order valence-corrected chi connectivity index (χ2v) is 7.53. The van der Waals surface area contributed by atoms with Crippen LogP contribution in [0.3, 0.4) is 0 Å². The van der Waals surface area contributed by atoms with Gasteiger partial charge >= 0.3 is 0 Å². The molecule has 2 rings (SSSR count). The predicted octanol–water partition coefficient (Wildman–Crippen LogP) is 4.06. The van der Waals surface area contributed by atoms with Crippen LogP contribution in [-0.2, 0) is 0 Å². The van der Waals surface area contributed by atoms with E-state index in [2.05, 4.69) is 31.1 Å². The van der Waals surface area contributed by atoms with E-state index in [1.54, 1.807) is 0 Å². The van der Waals surface area contributed by atoms with Gasteiger partial charge in [-0.15, -0.1) is 0 Å². The number of hydrogen-bond donors (Lipinski definition) is 1. The molecule has 2 aliphatic rings. The minimum Gasteiger partial charge on any atom is -0.316 e. The number of piperidine rings is 1. The maximum absolute atomic E-state index is 3.66. The Morgan fingerprint density at radius 2 is 1.90 bits per heavy atom. The molecule has 1 saturated carbocycles. The number of nitrogens with one attached hydrogen (secondary N) is 1. The minimum atomic E-state index is 0.559. The molecule has 2 fully saturated rings. The van der Waals surface area contributed by atoms with Crippen LogP contribution in [0.2, 0.25) is 0 Å². The molecule has 1 aliphatic heterocycles. The van der Waals surface area contributed by atoms with E-state index >= 15 is 0 Å². The summed E-state index contributed by atoms with van der Waals surface area (Å²) in [7, 11) is 2.39. The first kappa shape index (κ1) is 16.3. The highest BCUT2D eigenvalue weighted by Gasteiger charge is 2.34. The minimum absolute atomic E-state index is 0.559. The molecule has 2 nitrogen and oxygen atoms in total. The van der Waals surface area contributed by atoms with Gasteiger partial charge in [0, 0.05) is 19.1 Å². The van der Waals surface area contributed by atoms with Crippen molar-refractivity contribution >= 4 is 0 Å². The zero-order valence-corrected chi connectivity index (χ0v) is 14.1. The summed E-state index contributed by atoms with van der Waals surface area (Å²) in [6.45, 7) is 8.50. The molecule has 118 valence electrons. The third-order valence-electron chi connectivity index (χ3n) is 5.94. The quantitative estimate of drug-likeness (QED) is 0.789. The fourth-order valence-corrected chi connectivity index (χ4v) is 4.64. The van der Waals surface area contributed by atoms with Gasteiger partial charge in [0.15, 0.2) is 0 Å². The lowest BCUT2D eigenvalue weighted by Gasteiger charge is -2.44. The summed E-state index contributed by atoms with van der Waals surface area (Å²) >= 11 is 0. The summed E-state index contributed by atoms with van der Waals surface area (Å²) in [5, 5.41) is 3.66. The molecule has 20 heavy (non-hydrogen) atoms. The highest BCUT2D eigenvalue weighted by Crippen LogP contribution is 2.35. The lowest BCUT2D eigenvalue weighted by atomic mass is 9.75. The zero-order valence-electron chi connectivity index (χ0n) is 14.1. The second kappa shape index (κ2) is 7.79. The Balaban J connectivity index is 1.86. The van der Waals surface area contributed by atoms with Gasteiger partial charge in [0.1, 0.15) is 0 Å². The molecule has 1 N–H and O–H groups in total. The lowest BCUT2D eigenvalue weighted by Crippen LogP contribution is -2.49. The van der Waals surface area contributed by atoms with Crippen molar-refractivity contribution in [2.45, 2.75) is 77.7 Å². The van der Waals surface area contributed by atoms with Crippen molar-refractivity contribution in [3.8, 4) is 0 Å². The van der Waals surface area contributed by atoms with E-state index < -0.39 is 0 Å². The SMILES string of the molecule is CCCC1(CN(C)C2CCC(CC)CC2)CCCNC1. The molecule has 0 radical (unpaired) electrons. The first-order valence-electron chi connectivity index (χ1n) is 9.10. The van der Waals surface area contributed by atoms with Crippen molar-refractivity contribution in [2.24, 2.45) is 11.3 Å². The molecule has 0 bridgehead atoms. The van der Waals surface area contributed by atoms with Crippen LogP contribution in [0.5, 0.6) is 0 Å². The monoisotopic (exact) mass is 280 g/mol. The molecular weight excluding hydrogens is 244 g/mol. The summed E-state index contributed by atoms with van der Waals surface area (Å²) in [5.74, 6) is 1.01. The summed E-state index contributed by atoms with van der Waals surface area (Å²) in [6.07, 6.45) is 12.7. The van der Waals surface area contributed by atoms with Gasteiger partial charge in [0.25, 0.3) is 0 Å². The average molecular weight is 280 g/mol. The lowest BCUT2D eigenvalue weighted by molar-refractivity contribution is 0.0752. The van der Waals surface area contributed by atoms with E-state index in [1.807, 2.05) is 0 Å². The highest BCUT2D eigenvalue weighted by atomic mass is 15.1. The molecule has 0 aromatic heterocycles. The Kier molecular flexibility index (Phi) is 6.35. The molecule has 1 atom stereocenters. The third kappa shape index (κ3) is 4.21. The standard InChI is InChI=1S/C18H36N2/c1-4-11-18(12-6-13-19-14-18)15-20(3)17-9-7-16(5-2)8-10-17/h16-17,19H,4-15H2,1-3H3. The Labute approximate surface area is 126 Å². The van der Waals surface area contributed by atoms with Gasteiger partial charge in [-0.1, -0.05) is 26.7 Å². The second-order valence-electron chi connectivity index (χ2n) is 7.53. The van der Waals surface area contributed by atoms with Crippen LogP contribution >= 0.6 is 0 Å². The smallest absolute Gasteiger partial charge is 0.00926 e. The summed E-state index contributed by atoms with van der Waals surface area (Å²) < 4.78 is 0. The largest absolute Gasteiger partial charge is 0.316 e. The van der Waals surface area contributed by atoms with Crippen LogP contribution in [0, 0.1) is 11.3 Å². The van der Waals surface area contributed by atoms with Crippen molar-refractivity contribution in [3.05, 3.63) is 0 Å². The summed E-state index contributed by atoms with van der Waals surface area (Å²) in [4.78, 5) is 2.72. The van der Waals surface area contributed by atoms with Crippen LogP contribution in [-0.4, -0.2) is 37.6 Å². The molecule has 1 saturated heterocycles. The van der Waals surface area contributed by atoms with Crippen LogP contribution in [0.4, 0.5) is 0 Å². The third-order valence-corrected chi connectivity index (χ3v) is 5.94. The Morgan fingerprint density at radius 1 is 1.15 bits per heavy atom. The Hall–Kier alpha value is -0.0800. The van der Waals surface area contributed by atoms with E-state index in [4.69, 9.17) is 0 Å². The van der Waals surface area contributed by atoms with Gasteiger partial charge in [-0.05, 0) is 69.9 Å². The van der Waals surface area contributed by atoms with Crippen LogP contribution in [0.25, 0.3) is 0 Å². The molecule has 0 amide bonds. The normalized spacial score (nSPS) is 35.4. The van der Waals surface area contributed by atoms with E-state index in [0.717, 1.165) is 12.0 Å². The molecule has 1 unspecified atom stereocenters. The molecule has 0 aromatic rings. The first-order valence-corrected chi connectivity index (χ1v) is 9.10. The Morgan fingerprint density at radius 3 is 2.45 bits per heavy atom. The van der Waals surface area contributed by atoms with E-state index in [1.165, 1.54) is 77.4 Å². The predicted molar refractivity (Wildman–Crippen MR) is 88.1 cm³/mol. The summed E-state index contributed by atoms with van der Waals surface area (Å²) in [6, 6.07) is 0.855. The maximum atomic E-state index is 3.66. The van der Waals surface area contributed by atoms with E-state index in [-0.39, 0.29) is 0 Å². The molecule has 0 spiro atoms. The van der Waals surface area contributed by atoms with Crippen molar-refractivity contribution in [1.29, 1.82) is 0 Å². The van der Waals surface area contributed by atoms with Gasteiger partial charge in [-0.25, -0.2) is 0 Å². The van der Waals surface area contributed by atoms with Crippen LogP contribution in [0.1, 0.15) is 71.6 Å². The maximum Gasteiger partial charge on any atom is 0.00926 e. The zero-order chi connectivity index (χ0) is 14.4. The van der Waals surface area contributed by atoms with Gasteiger partial charge in [0.05, 0.1) is 0 Å². The fourth-order valence-electron chi connectivity index (χ4n) is 4.64. The van der Waals surface area contributed by atoms with Gasteiger partial charge in [0.2, 0.25) is 0 Å². The van der Waals surface area contributed by atoms with Crippen molar-refractivity contribution in [3.63, 3.8) is 0 Å². The van der Waals surface area contributed by atoms with Crippen molar-refractivity contribution < 1.29 is 0 Å². The first-order chi connectivity index (χ1) is 9.69. The van der Waals surface area contributed by atoms with Crippen LogP contribution in [0.15, 0.2) is 0 Å². The number of nitrogens with zero attached hydrogens (tertiary/aromatic N) is 1. The topological polar surface area (TPSA) is 15.3 Å². The summed E-state index contributed by atoms with van der Waals surface area (Å²) in [5.41, 5.74) is 0.559. The molecular formula is C18H36N2. The average Bonchev–Trinajstić information content (AvgIpc) is 2.48. The molecule has 1 heterocycles. The number of hydrogen-bond acceptors (Lipinski definition) is 2. The van der Waals surface area contributed by atoms with Crippen molar-refractivity contribution in [2.75, 3.05) is 26.7 Å². The number of rotatable bonds is 6. The molecule has 0 aromatic carbocycles. The highest BCUT2D eigenvalue weighted by molar-refractivity contribution is 4.89. The van der Waals surface area contributed by atoms with Gasteiger partial charge < -0.3 is 10.2 Å². The van der Waals surface area contributed by atoms with Crippen LogP contribution < -0.4 is 5.32 Å². The van der Waals surface area contributed by atoms with Crippen molar-refractivity contribution in [1.82, 2.24) is 10.2 Å². The van der Waals surface area contributed by atoms with Gasteiger partial charge in [-0.3, -0.25) is 0 Å². The van der Waals surface area contributed by atoms with E-state index in [9.17, 15) is 0 Å². The fraction of sp³-hybridized carbons (Fsp3) is 1.00. The molecule has 2 heteroatoms. The Bertz CT molecular complexity index is 257.